The fraction of sp³-hybridized carbons (Fsp3) is 0.444. The number of likely N-dealkylation sites (tertiary alicyclic amines) is 1. The van der Waals surface area contributed by atoms with E-state index in [0.29, 0.717) is 5.82 Å². The Bertz CT molecular complexity index is 789. The molecule has 1 saturated heterocycles. The predicted octanol–water partition coefficient (Wildman–Crippen LogP) is 2.97. The van der Waals surface area contributed by atoms with Gasteiger partial charge in [0, 0.05) is 18.8 Å². The zero-order valence-electron chi connectivity index (χ0n) is 15.3. The van der Waals surface area contributed by atoms with Crippen molar-refractivity contribution in [3.05, 3.63) is 46.3 Å². The van der Waals surface area contributed by atoms with Crippen molar-refractivity contribution in [1.29, 1.82) is 0 Å². The Kier molecular flexibility index (Phi) is 5.32. The van der Waals surface area contributed by atoms with Crippen LogP contribution in [0.5, 0.6) is 0 Å². The number of anilines is 3. The fourth-order valence-corrected chi connectivity index (χ4v) is 3.30. The van der Waals surface area contributed by atoms with E-state index in [0.717, 1.165) is 37.2 Å². The van der Waals surface area contributed by atoms with Crippen LogP contribution in [0.1, 0.15) is 18.4 Å². The van der Waals surface area contributed by atoms with E-state index in [2.05, 4.69) is 27.2 Å². The zero-order valence-corrected chi connectivity index (χ0v) is 15.3. The van der Waals surface area contributed by atoms with Crippen LogP contribution in [0.3, 0.4) is 0 Å². The van der Waals surface area contributed by atoms with E-state index in [9.17, 15) is 10.1 Å². The molecule has 1 fully saturated rings. The summed E-state index contributed by atoms with van der Waals surface area (Å²) in [5.74, 6) is 0.570. The number of nitrogens with zero attached hydrogens (tertiary/aromatic N) is 5. The summed E-state index contributed by atoms with van der Waals surface area (Å²) in [7, 11) is 3.97. The Morgan fingerprint density at radius 2 is 2.04 bits per heavy atom. The summed E-state index contributed by atoms with van der Waals surface area (Å²) in [4.78, 5) is 23.9. The van der Waals surface area contributed by atoms with Crippen LogP contribution in [-0.4, -0.2) is 53.0 Å². The van der Waals surface area contributed by atoms with Crippen LogP contribution in [0, 0.1) is 17.0 Å². The number of benzene rings is 1. The minimum atomic E-state index is -0.404. The molecule has 3 rings (SSSR count). The molecule has 1 aromatic heterocycles. The summed E-state index contributed by atoms with van der Waals surface area (Å²) in [5.41, 5.74) is 1.74. The van der Waals surface area contributed by atoms with Crippen molar-refractivity contribution in [3.63, 3.8) is 0 Å². The molecule has 1 N–H and O–H groups in total. The quantitative estimate of drug-likeness (QED) is 0.651. The molecular weight excluding hydrogens is 332 g/mol. The summed E-state index contributed by atoms with van der Waals surface area (Å²) in [6.45, 7) is 3.92. The molecule has 0 amide bonds. The third kappa shape index (κ3) is 3.91. The van der Waals surface area contributed by atoms with Gasteiger partial charge in [-0.15, -0.1) is 0 Å². The zero-order chi connectivity index (χ0) is 18.7. The van der Waals surface area contributed by atoms with E-state index in [1.165, 1.54) is 6.33 Å². The van der Waals surface area contributed by atoms with Crippen LogP contribution >= 0.6 is 0 Å². The largest absolute Gasteiger partial charge is 0.353 e. The Labute approximate surface area is 153 Å². The van der Waals surface area contributed by atoms with E-state index >= 15 is 0 Å². The normalized spacial score (nSPS) is 15.7. The topological polar surface area (TPSA) is 87.4 Å². The first kappa shape index (κ1) is 18.1. The van der Waals surface area contributed by atoms with Gasteiger partial charge in [0.1, 0.15) is 6.33 Å². The fourth-order valence-electron chi connectivity index (χ4n) is 3.30. The van der Waals surface area contributed by atoms with Crippen molar-refractivity contribution < 1.29 is 4.92 Å². The standard InChI is InChI=1S/C18H24N6O2/c1-13-5-4-6-14(11-13)21-17-16(24(25)26)18(20-12-19-17)23(3)15-7-9-22(2)10-8-15/h4-6,11-12,15H,7-10H2,1-3H3,(H,19,20,21). The molecule has 0 radical (unpaired) electrons. The maximum atomic E-state index is 11.8. The molecule has 138 valence electrons. The molecule has 1 aromatic carbocycles. The molecule has 8 nitrogen and oxygen atoms in total. The van der Waals surface area contributed by atoms with Crippen LogP contribution in [0.2, 0.25) is 0 Å². The highest BCUT2D eigenvalue weighted by Gasteiger charge is 2.30. The second-order valence-electron chi connectivity index (χ2n) is 6.79. The summed E-state index contributed by atoms with van der Waals surface area (Å²) >= 11 is 0. The lowest BCUT2D eigenvalue weighted by atomic mass is 10.0. The maximum absolute atomic E-state index is 11.8. The second kappa shape index (κ2) is 7.65. The molecule has 2 aromatic rings. The first-order valence-electron chi connectivity index (χ1n) is 8.70. The highest BCUT2D eigenvalue weighted by molar-refractivity contribution is 5.74. The number of aromatic nitrogens is 2. The van der Waals surface area contributed by atoms with E-state index in [1.54, 1.807) is 0 Å². The Morgan fingerprint density at radius 3 is 2.69 bits per heavy atom. The lowest BCUT2D eigenvalue weighted by Crippen LogP contribution is -2.42. The van der Waals surface area contributed by atoms with Crippen molar-refractivity contribution in [2.45, 2.75) is 25.8 Å². The first-order chi connectivity index (χ1) is 12.5. The van der Waals surface area contributed by atoms with Crippen LogP contribution in [0.15, 0.2) is 30.6 Å². The van der Waals surface area contributed by atoms with Gasteiger partial charge in [-0.1, -0.05) is 12.1 Å². The van der Waals surface area contributed by atoms with Gasteiger partial charge in [-0.2, -0.15) is 0 Å². The van der Waals surface area contributed by atoms with Gasteiger partial charge in [0.25, 0.3) is 0 Å². The van der Waals surface area contributed by atoms with Gasteiger partial charge in [-0.3, -0.25) is 10.1 Å². The minimum absolute atomic E-state index is 0.0876. The van der Waals surface area contributed by atoms with Gasteiger partial charge < -0.3 is 15.1 Å². The molecule has 1 aliphatic rings. The van der Waals surface area contributed by atoms with Gasteiger partial charge in [-0.25, -0.2) is 9.97 Å². The molecule has 0 aliphatic carbocycles. The van der Waals surface area contributed by atoms with Crippen LogP contribution in [0.25, 0.3) is 0 Å². The van der Waals surface area contributed by atoms with Crippen LogP contribution in [0.4, 0.5) is 23.0 Å². The maximum Gasteiger partial charge on any atom is 0.353 e. The van der Waals surface area contributed by atoms with E-state index in [-0.39, 0.29) is 17.5 Å². The van der Waals surface area contributed by atoms with Gasteiger partial charge in [0.05, 0.1) is 4.92 Å². The number of nitro groups is 1. The van der Waals surface area contributed by atoms with Gasteiger partial charge in [0.2, 0.25) is 11.6 Å². The molecule has 1 aliphatic heterocycles. The Hall–Kier alpha value is -2.74. The van der Waals surface area contributed by atoms with E-state index < -0.39 is 4.92 Å². The molecule has 0 spiro atoms. The van der Waals surface area contributed by atoms with Gasteiger partial charge in [0.15, 0.2) is 0 Å². The van der Waals surface area contributed by atoms with Gasteiger partial charge >= 0.3 is 5.69 Å². The van der Waals surface area contributed by atoms with Gasteiger partial charge in [-0.05, 0) is 57.6 Å². The van der Waals surface area contributed by atoms with Crippen LogP contribution in [-0.2, 0) is 0 Å². The Balaban J connectivity index is 1.92. The summed E-state index contributed by atoms with van der Waals surface area (Å²) in [6, 6.07) is 7.88. The average Bonchev–Trinajstić information content (AvgIpc) is 2.61. The van der Waals surface area contributed by atoms with Crippen molar-refractivity contribution in [1.82, 2.24) is 14.9 Å². The lowest BCUT2D eigenvalue weighted by Gasteiger charge is -2.35. The van der Waals surface area contributed by atoms with E-state index in [1.807, 2.05) is 43.1 Å². The van der Waals surface area contributed by atoms with Crippen molar-refractivity contribution in [2.75, 3.05) is 37.4 Å². The molecule has 2 heterocycles. The third-order valence-corrected chi connectivity index (χ3v) is 4.84. The minimum Gasteiger partial charge on any atom is -0.351 e. The molecule has 0 saturated carbocycles. The molecule has 0 atom stereocenters. The average molecular weight is 356 g/mol. The number of hydrogen-bond donors (Lipinski definition) is 1. The van der Waals surface area contributed by atoms with E-state index in [4.69, 9.17) is 0 Å². The number of hydrogen-bond acceptors (Lipinski definition) is 7. The predicted molar refractivity (Wildman–Crippen MR) is 102 cm³/mol. The van der Waals surface area contributed by atoms with Crippen molar-refractivity contribution in [2.24, 2.45) is 0 Å². The monoisotopic (exact) mass is 356 g/mol. The Morgan fingerprint density at radius 1 is 1.31 bits per heavy atom. The number of aryl methyl sites for hydroxylation is 1. The highest BCUT2D eigenvalue weighted by atomic mass is 16.6. The van der Waals surface area contributed by atoms with Crippen molar-refractivity contribution >= 4 is 23.0 Å². The molecule has 0 unspecified atom stereocenters. The molecular formula is C18H24N6O2. The number of rotatable bonds is 5. The highest BCUT2D eigenvalue weighted by Crippen LogP contribution is 2.35. The lowest BCUT2D eigenvalue weighted by molar-refractivity contribution is -0.383. The second-order valence-corrected chi connectivity index (χ2v) is 6.79. The molecule has 26 heavy (non-hydrogen) atoms. The number of piperidine rings is 1. The van der Waals surface area contributed by atoms with Crippen LogP contribution < -0.4 is 10.2 Å². The summed E-state index contributed by atoms with van der Waals surface area (Å²) in [5, 5.41) is 14.9. The third-order valence-electron chi connectivity index (χ3n) is 4.84. The number of nitrogens with one attached hydrogen (secondary N) is 1. The summed E-state index contributed by atoms with van der Waals surface area (Å²) < 4.78 is 0. The molecule has 8 heteroatoms. The van der Waals surface area contributed by atoms with Crippen molar-refractivity contribution in [3.8, 4) is 0 Å². The molecule has 0 bridgehead atoms. The summed E-state index contributed by atoms with van der Waals surface area (Å²) in [6.07, 6.45) is 3.29. The SMILES string of the molecule is Cc1cccc(Nc2ncnc(N(C)C3CCN(C)CC3)c2[N+](=O)[O-])c1. The smallest absolute Gasteiger partial charge is 0.351 e. The first-order valence-corrected chi connectivity index (χ1v) is 8.70.